The Morgan fingerprint density at radius 3 is 2.67 bits per heavy atom. The molecule has 0 atom stereocenters. The highest BCUT2D eigenvalue weighted by molar-refractivity contribution is 7.13. The number of aromatic nitrogens is 1. The first-order valence-corrected chi connectivity index (χ1v) is 8.82. The van der Waals surface area contributed by atoms with Gasteiger partial charge in [0.2, 0.25) is 0 Å². The summed E-state index contributed by atoms with van der Waals surface area (Å²) >= 11 is 1.44. The van der Waals surface area contributed by atoms with Crippen molar-refractivity contribution < 1.29 is 13.6 Å². The predicted octanol–water partition coefficient (Wildman–Crippen LogP) is 3.27. The summed E-state index contributed by atoms with van der Waals surface area (Å²) in [5, 5.41) is 5.53. The molecule has 0 spiro atoms. The van der Waals surface area contributed by atoms with E-state index < -0.39 is 6.43 Å². The smallest absolute Gasteiger partial charge is 0.270 e. The van der Waals surface area contributed by atoms with Gasteiger partial charge in [0.25, 0.3) is 12.3 Å². The van der Waals surface area contributed by atoms with Gasteiger partial charge in [-0.3, -0.25) is 9.69 Å². The second kappa shape index (κ2) is 7.81. The van der Waals surface area contributed by atoms with E-state index in [9.17, 15) is 13.6 Å². The van der Waals surface area contributed by atoms with E-state index in [-0.39, 0.29) is 18.5 Å². The summed E-state index contributed by atoms with van der Waals surface area (Å²) in [7, 11) is 0. The fourth-order valence-corrected chi connectivity index (χ4v) is 3.61. The molecule has 1 N–H and O–H groups in total. The lowest BCUT2D eigenvalue weighted by Crippen LogP contribution is -2.45. The number of carbonyl (C=O) groups is 1. The summed E-state index contributed by atoms with van der Waals surface area (Å²) < 4.78 is 24.7. The lowest BCUT2D eigenvalue weighted by atomic mass is 10.0. The summed E-state index contributed by atoms with van der Waals surface area (Å²) in [5.41, 5.74) is 1.40. The number of nitrogens with one attached hydrogen (secondary N) is 1. The van der Waals surface area contributed by atoms with E-state index in [1.165, 1.54) is 11.3 Å². The number of hydrogen-bond acceptors (Lipinski definition) is 4. The highest BCUT2D eigenvalue weighted by Gasteiger charge is 2.23. The monoisotopic (exact) mass is 351 g/mol. The van der Waals surface area contributed by atoms with Gasteiger partial charge in [0.05, 0.1) is 6.54 Å². The van der Waals surface area contributed by atoms with Gasteiger partial charge in [-0.15, -0.1) is 11.3 Å². The molecule has 1 aliphatic heterocycles. The number of thiazole rings is 1. The largest absolute Gasteiger partial charge is 0.348 e. The number of hydrogen-bond donors (Lipinski definition) is 1. The quantitative estimate of drug-likeness (QED) is 0.899. The number of alkyl halides is 2. The second-order valence-corrected chi connectivity index (χ2v) is 6.70. The van der Waals surface area contributed by atoms with Gasteiger partial charge in [-0.25, -0.2) is 13.8 Å². The molecular weight excluding hydrogens is 332 g/mol. The molecule has 4 nitrogen and oxygen atoms in total. The van der Waals surface area contributed by atoms with Gasteiger partial charge in [-0.05, 0) is 12.8 Å². The number of benzene rings is 1. The third-order valence-electron chi connectivity index (χ3n) is 4.08. The highest BCUT2D eigenvalue weighted by atomic mass is 32.1. The molecule has 2 heterocycles. The Kier molecular flexibility index (Phi) is 5.52. The van der Waals surface area contributed by atoms with Gasteiger partial charge >= 0.3 is 0 Å². The van der Waals surface area contributed by atoms with E-state index in [1.807, 2.05) is 30.3 Å². The average Bonchev–Trinajstić information content (AvgIpc) is 3.07. The van der Waals surface area contributed by atoms with Crippen LogP contribution in [0.3, 0.4) is 0 Å². The molecule has 3 rings (SSSR count). The van der Waals surface area contributed by atoms with Crippen LogP contribution in [0.25, 0.3) is 10.6 Å². The van der Waals surface area contributed by atoms with E-state index in [2.05, 4.69) is 10.3 Å². The summed E-state index contributed by atoms with van der Waals surface area (Å²) in [6, 6.07) is 9.74. The van der Waals surface area contributed by atoms with Crippen LogP contribution in [0.2, 0.25) is 0 Å². The number of likely N-dealkylation sites (tertiary alicyclic amines) is 1. The molecular formula is C17H19F2N3OS. The normalized spacial score (nSPS) is 16.5. The molecule has 0 radical (unpaired) electrons. The Morgan fingerprint density at radius 2 is 2.00 bits per heavy atom. The second-order valence-electron chi connectivity index (χ2n) is 5.84. The molecule has 2 aromatic rings. The zero-order valence-electron chi connectivity index (χ0n) is 13.1. The Balaban J connectivity index is 1.54. The molecule has 0 saturated carbocycles. The Labute approximate surface area is 143 Å². The molecule has 0 bridgehead atoms. The molecule has 0 aliphatic carbocycles. The number of amides is 1. The first kappa shape index (κ1) is 17.0. The minimum absolute atomic E-state index is 0.0216. The van der Waals surface area contributed by atoms with Gasteiger partial charge in [0, 0.05) is 30.1 Å². The molecule has 1 aromatic heterocycles. The molecule has 1 aliphatic rings. The maximum Gasteiger partial charge on any atom is 0.270 e. The third kappa shape index (κ3) is 4.36. The van der Waals surface area contributed by atoms with Gasteiger partial charge in [-0.1, -0.05) is 30.3 Å². The SMILES string of the molecule is O=C(NC1CCN(CC(F)F)CC1)c1csc(-c2ccccc2)n1. The lowest BCUT2D eigenvalue weighted by Gasteiger charge is -2.31. The zero-order valence-corrected chi connectivity index (χ0v) is 13.9. The van der Waals surface area contributed by atoms with E-state index in [1.54, 1.807) is 10.3 Å². The number of halogens is 2. The van der Waals surface area contributed by atoms with Crippen molar-refractivity contribution in [2.45, 2.75) is 25.3 Å². The van der Waals surface area contributed by atoms with Crippen LogP contribution in [0.4, 0.5) is 8.78 Å². The molecule has 1 saturated heterocycles. The van der Waals surface area contributed by atoms with Gasteiger partial charge < -0.3 is 5.32 Å². The van der Waals surface area contributed by atoms with Crippen molar-refractivity contribution in [3.63, 3.8) is 0 Å². The molecule has 7 heteroatoms. The summed E-state index contributed by atoms with van der Waals surface area (Å²) in [6.45, 7) is 0.983. The van der Waals surface area contributed by atoms with Gasteiger partial charge in [-0.2, -0.15) is 0 Å². The van der Waals surface area contributed by atoms with E-state index in [0.29, 0.717) is 31.6 Å². The van der Waals surface area contributed by atoms with Crippen LogP contribution in [0.1, 0.15) is 23.3 Å². The van der Waals surface area contributed by atoms with Crippen LogP contribution in [0.5, 0.6) is 0 Å². The zero-order chi connectivity index (χ0) is 16.9. The summed E-state index contributed by atoms with van der Waals surface area (Å²) in [6.07, 6.45) is -0.926. The van der Waals surface area contributed by atoms with Crippen LogP contribution in [-0.4, -0.2) is 47.9 Å². The molecule has 1 fully saturated rings. The Morgan fingerprint density at radius 1 is 1.29 bits per heavy atom. The van der Waals surface area contributed by atoms with Crippen molar-refractivity contribution in [3.05, 3.63) is 41.4 Å². The van der Waals surface area contributed by atoms with Crippen molar-refractivity contribution >= 4 is 17.2 Å². The fraction of sp³-hybridized carbons (Fsp3) is 0.412. The maximum absolute atomic E-state index is 12.4. The lowest BCUT2D eigenvalue weighted by molar-refractivity contribution is 0.0695. The highest BCUT2D eigenvalue weighted by Crippen LogP contribution is 2.23. The Bertz CT molecular complexity index is 669. The predicted molar refractivity (Wildman–Crippen MR) is 90.5 cm³/mol. The van der Waals surface area contributed by atoms with Crippen molar-refractivity contribution in [1.29, 1.82) is 0 Å². The van der Waals surface area contributed by atoms with Crippen LogP contribution in [-0.2, 0) is 0 Å². The van der Waals surface area contributed by atoms with Crippen molar-refractivity contribution in [3.8, 4) is 10.6 Å². The Hall–Kier alpha value is -1.86. The molecule has 128 valence electrons. The number of rotatable bonds is 5. The minimum atomic E-state index is -2.30. The standard InChI is InChI=1S/C17H19F2N3OS/c18-15(19)10-22-8-6-13(7-9-22)20-16(23)14-11-24-17(21-14)12-4-2-1-3-5-12/h1-5,11,13,15H,6-10H2,(H,20,23). The van der Waals surface area contributed by atoms with Crippen molar-refractivity contribution in [2.24, 2.45) is 0 Å². The van der Waals surface area contributed by atoms with Crippen molar-refractivity contribution in [1.82, 2.24) is 15.2 Å². The first-order chi connectivity index (χ1) is 11.6. The first-order valence-electron chi connectivity index (χ1n) is 7.94. The summed E-state index contributed by atoms with van der Waals surface area (Å²) in [5.74, 6) is -0.194. The molecule has 1 amide bonds. The molecule has 24 heavy (non-hydrogen) atoms. The number of piperidine rings is 1. The number of carbonyl (C=O) groups excluding carboxylic acids is 1. The van der Waals surface area contributed by atoms with E-state index >= 15 is 0 Å². The van der Waals surface area contributed by atoms with Crippen molar-refractivity contribution in [2.75, 3.05) is 19.6 Å². The third-order valence-corrected chi connectivity index (χ3v) is 4.97. The van der Waals surface area contributed by atoms with E-state index in [0.717, 1.165) is 10.6 Å². The molecule has 0 unspecified atom stereocenters. The average molecular weight is 351 g/mol. The number of nitrogens with zero attached hydrogens (tertiary/aromatic N) is 2. The molecule has 1 aromatic carbocycles. The van der Waals surface area contributed by atoms with Gasteiger partial charge in [0.1, 0.15) is 10.7 Å². The van der Waals surface area contributed by atoms with Crippen LogP contribution >= 0.6 is 11.3 Å². The van der Waals surface area contributed by atoms with Crippen LogP contribution < -0.4 is 5.32 Å². The van der Waals surface area contributed by atoms with Crippen LogP contribution in [0.15, 0.2) is 35.7 Å². The maximum atomic E-state index is 12.4. The minimum Gasteiger partial charge on any atom is -0.348 e. The van der Waals surface area contributed by atoms with Gasteiger partial charge in [0.15, 0.2) is 0 Å². The topological polar surface area (TPSA) is 45.2 Å². The summed E-state index contributed by atoms with van der Waals surface area (Å²) in [4.78, 5) is 18.5. The fourth-order valence-electron chi connectivity index (χ4n) is 2.81. The van der Waals surface area contributed by atoms with E-state index in [4.69, 9.17) is 0 Å². The van der Waals surface area contributed by atoms with Crippen LogP contribution in [0, 0.1) is 0 Å².